The van der Waals surface area contributed by atoms with E-state index in [1.54, 1.807) is 45.0 Å². The lowest BCUT2D eigenvalue weighted by atomic mass is 10.2. The summed E-state index contributed by atoms with van der Waals surface area (Å²) in [5, 5.41) is 3.01. The van der Waals surface area contributed by atoms with Gasteiger partial charge in [0.05, 0.1) is 0 Å². The van der Waals surface area contributed by atoms with E-state index in [-0.39, 0.29) is 13.2 Å². The van der Waals surface area contributed by atoms with E-state index in [1.165, 1.54) is 0 Å². The number of rotatable bonds is 5. The molecule has 0 radical (unpaired) electrons. The van der Waals surface area contributed by atoms with Crippen LogP contribution in [0, 0.1) is 0 Å². The van der Waals surface area contributed by atoms with Crippen molar-refractivity contribution in [3.05, 3.63) is 29.3 Å². The van der Waals surface area contributed by atoms with Gasteiger partial charge >= 0.3 is 5.97 Å². The SMILES string of the molecule is CC(C)(C)OC(=O)CNC(=O)COc1ccc(Cl)cc1. The molecule has 0 unspecified atom stereocenters. The highest BCUT2D eigenvalue weighted by Gasteiger charge is 2.16. The van der Waals surface area contributed by atoms with Crippen molar-refractivity contribution < 1.29 is 19.1 Å². The van der Waals surface area contributed by atoms with Gasteiger partial charge in [0.25, 0.3) is 5.91 Å². The third kappa shape index (κ3) is 6.99. The average Bonchev–Trinajstić information content (AvgIpc) is 2.33. The first-order chi connectivity index (χ1) is 9.26. The number of halogens is 1. The molecule has 110 valence electrons. The van der Waals surface area contributed by atoms with Gasteiger partial charge in [0, 0.05) is 5.02 Å². The Morgan fingerprint density at radius 1 is 1.20 bits per heavy atom. The molecule has 0 atom stereocenters. The van der Waals surface area contributed by atoms with Crippen LogP contribution in [0.25, 0.3) is 0 Å². The minimum atomic E-state index is -0.568. The van der Waals surface area contributed by atoms with Crippen molar-refractivity contribution in [1.29, 1.82) is 0 Å². The van der Waals surface area contributed by atoms with E-state index in [1.807, 2.05) is 0 Å². The minimum absolute atomic E-state index is 0.176. The predicted molar refractivity (Wildman–Crippen MR) is 75.8 cm³/mol. The van der Waals surface area contributed by atoms with Gasteiger partial charge < -0.3 is 14.8 Å². The van der Waals surface area contributed by atoms with E-state index in [0.717, 1.165) is 0 Å². The Labute approximate surface area is 123 Å². The normalized spacial score (nSPS) is 10.8. The molecule has 0 aliphatic heterocycles. The van der Waals surface area contributed by atoms with Gasteiger partial charge in [0.1, 0.15) is 17.9 Å². The molecule has 5 nitrogen and oxygen atoms in total. The van der Waals surface area contributed by atoms with Crippen LogP contribution in [-0.4, -0.2) is 30.6 Å². The number of hydrogen-bond donors (Lipinski definition) is 1. The zero-order valence-electron chi connectivity index (χ0n) is 11.7. The molecule has 1 N–H and O–H groups in total. The summed E-state index contributed by atoms with van der Waals surface area (Å²) in [6, 6.07) is 6.64. The Morgan fingerprint density at radius 2 is 1.80 bits per heavy atom. The molecular formula is C14H18ClNO4. The Bertz CT molecular complexity index is 465. The maximum absolute atomic E-state index is 11.5. The zero-order valence-corrected chi connectivity index (χ0v) is 12.5. The molecule has 0 fully saturated rings. The molecule has 1 amide bonds. The topological polar surface area (TPSA) is 64.6 Å². The van der Waals surface area contributed by atoms with E-state index in [4.69, 9.17) is 21.1 Å². The number of esters is 1. The largest absolute Gasteiger partial charge is 0.484 e. The summed E-state index contributed by atoms with van der Waals surface area (Å²) in [5.74, 6) is -0.357. The maximum atomic E-state index is 11.5. The quantitative estimate of drug-likeness (QED) is 0.846. The highest BCUT2D eigenvalue weighted by Crippen LogP contribution is 2.15. The number of benzene rings is 1. The molecular weight excluding hydrogens is 282 g/mol. The van der Waals surface area contributed by atoms with Crippen molar-refractivity contribution in [1.82, 2.24) is 5.32 Å². The Hall–Kier alpha value is -1.75. The standard InChI is InChI=1S/C14H18ClNO4/c1-14(2,3)20-13(18)8-16-12(17)9-19-11-6-4-10(15)5-7-11/h4-7H,8-9H2,1-3H3,(H,16,17). The first kappa shape index (κ1) is 16.3. The van der Waals surface area contributed by atoms with Crippen molar-refractivity contribution in [3.63, 3.8) is 0 Å². The van der Waals surface area contributed by atoms with Crippen LogP contribution in [0.1, 0.15) is 20.8 Å². The van der Waals surface area contributed by atoms with Gasteiger partial charge in [-0.15, -0.1) is 0 Å². The summed E-state index contributed by atoms with van der Waals surface area (Å²) in [6.45, 7) is 4.92. The van der Waals surface area contributed by atoms with Gasteiger partial charge in [-0.2, -0.15) is 0 Å². The van der Waals surface area contributed by atoms with Crippen molar-refractivity contribution in [2.24, 2.45) is 0 Å². The lowest BCUT2D eigenvalue weighted by Gasteiger charge is -2.19. The van der Waals surface area contributed by atoms with Crippen LogP contribution in [-0.2, 0) is 14.3 Å². The monoisotopic (exact) mass is 299 g/mol. The van der Waals surface area contributed by atoms with Crippen LogP contribution < -0.4 is 10.1 Å². The molecule has 1 aromatic carbocycles. The number of carbonyl (C=O) groups excluding carboxylic acids is 2. The van der Waals surface area contributed by atoms with Crippen molar-refractivity contribution >= 4 is 23.5 Å². The summed E-state index contributed by atoms with van der Waals surface area (Å²) in [6.07, 6.45) is 0. The van der Waals surface area contributed by atoms with E-state index in [2.05, 4.69) is 5.32 Å². The molecule has 0 saturated carbocycles. The summed E-state index contributed by atoms with van der Waals surface area (Å²) >= 11 is 5.73. The highest BCUT2D eigenvalue weighted by atomic mass is 35.5. The van der Waals surface area contributed by atoms with Gasteiger partial charge in [-0.25, -0.2) is 0 Å². The smallest absolute Gasteiger partial charge is 0.325 e. The van der Waals surface area contributed by atoms with Gasteiger partial charge in [0.15, 0.2) is 6.61 Å². The van der Waals surface area contributed by atoms with Crippen molar-refractivity contribution in [2.45, 2.75) is 26.4 Å². The number of hydrogen-bond acceptors (Lipinski definition) is 4. The number of ether oxygens (including phenoxy) is 2. The lowest BCUT2D eigenvalue weighted by Crippen LogP contribution is -2.36. The van der Waals surface area contributed by atoms with Crippen LogP contribution in [0.5, 0.6) is 5.75 Å². The molecule has 0 aromatic heterocycles. The van der Waals surface area contributed by atoms with Crippen LogP contribution in [0.4, 0.5) is 0 Å². The van der Waals surface area contributed by atoms with Gasteiger partial charge in [-0.05, 0) is 45.0 Å². The fraction of sp³-hybridized carbons (Fsp3) is 0.429. The fourth-order valence-corrected chi connectivity index (χ4v) is 1.41. The third-order valence-electron chi connectivity index (χ3n) is 2.03. The first-order valence-corrected chi connectivity index (χ1v) is 6.51. The lowest BCUT2D eigenvalue weighted by molar-refractivity contribution is -0.154. The summed E-state index contributed by atoms with van der Waals surface area (Å²) < 4.78 is 10.3. The molecule has 20 heavy (non-hydrogen) atoms. The van der Waals surface area contributed by atoms with E-state index in [9.17, 15) is 9.59 Å². The fourth-order valence-electron chi connectivity index (χ4n) is 1.28. The third-order valence-corrected chi connectivity index (χ3v) is 2.29. The van der Waals surface area contributed by atoms with Crippen LogP contribution in [0.3, 0.4) is 0 Å². The number of nitrogens with one attached hydrogen (secondary N) is 1. The van der Waals surface area contributed by atoms with Gasteiger partial charge in [-0.3, -0.25) is 9.59 Å². The second-order valence-corrected chi connectivity index (χ2v) is 5.54. The first-order valence-electron chi connectivity index (χ1n) is 6.13. The average molecular weight is 300 g/mol. The Morgan fingerprint density at radius 3 is 2.35 bits per heavy atom. The molecule has 0 spiro atoms. The molecule has 0 bridgehead atoms. The highest BCUT2D eigenvalue weighted by molar-refractivity contribution is 6.30. The van der Waals surface area contributed by atoms with Crippen molar-refractivity contribution in [2.75, 3.05) is 13.2 Å². The summed E-state index contributed by atoms with van der Waals surface area (Å²) in [5.41, 5.74) is -0.568. The Kier molecular flexibility index (Phi) is 5.82. The molecule has 6 heteroatoms. The molecule has 0 saturated heterocycles. The van der Waals surface area contributed by atoms with Gasteiger partial charge in [-0.1, -0.05) is 11.6 Å². The number of amides is 1. The van der Waals surface area contributed by atoms with Gasteiger partial charge in [0.2, 0.25) is 0 Å². The zero-order chi connectivity index (χ0) is 15.2. The Balaban J connectivity index is 2.27. The summed E-state index contributed by atoms with van der Waals surface area (Å²) in [7, 11) is 0. The summed E-state index contributed by atoms with van der Waals surface area (Å²) in [4.78, 5) is 22.9. The molecule has 0 aliphatic carbocycles. The molecule has 1 aromatic rings. The maximum Gasteiger partial charge on any atom is 0.325 e. The van der Waals surface area contributed by atoms with E-state index in [0.29, 0.717) is 10.8 Å². The minimum Gasteiger partial charge on any atom is -0.484 e. The van der Waals surface area contributed by atoms with Crippen molar-refractivity contribution in [3.8, 4) is 5.75 Å². The molecule has 0 heterocycles. The number of carbonyl (C=O) groups is 2. The molecule has 0 aliphatic rings. The predicted octanol–water partition coefficient (Wildman–Crippen LogP) is 2.18. The van der Waals surface area contributed by atoms with E-state index >= 15 is 0 Å². The van der Waals surface area contributed by atoms with Crippen LogP contribution in [0.2, 0.25) is 5.02 Å². The van der Waals surface area contributed by atoms with Crippen LogP contribution >= 0.6 is 11.6 Å². The second-order valence-electron chi connectivity index (χ2n) is 5.11. The van der Waals surface area contributed by atoms with Crippen LogP contribution in [0.15, 0.2) is 24.3 Å². The molecule has 1 rings (SSSR count). The second kappa shape index (κ2) is 7.14. The van der Waals surface area contributed by atoms with E-state index < -0.39 is 17.5 Å².